The molecular formula is C23H24ClFN4O2. The first-order valence-electron chi connectivity index (χ1n) is 10.1. The van der Waals surface area contributed by atoms with Crippen LogP contribution in [0.15, 0.2) is 30.3 Å². The number of piperazine rings is 1. The number of rotatable bonds is 4. The van der Waals surface area contributed by atoms with Gasteiger partial charge in [-0.2, -0.15) is 0 Å². The summed E-state index contributed by atoms with van der Waals surface area (Å²) in [6, 6.07) is 8.14. The van der Waals surface area contributed by atoms with Crippen molar-refractivity contribution >= 4 is 28.5 Å². The molecule has 0 saturated carbocycles. The van der Waals surface area contributed by atoms with E-state index in [-0.39, 0.29) is 11.5 Å². The van der Waals surface area contributed by atoms with E-state index < -0.39 is 5.82 Å². The molecule has 0 N–H and O–H groups in total. The van der Waals surface area contributed by atoms with E-state index in [1.807, 2.05) is 26.0 Å². The fraction of sp³-hybridized carbons (Fsp3) is 0.348. The molecule has 0 radical (unpaired) electrons. The van der Waals surface area contributed by atoms with Crippen molar-refractivity contribution in [3.8, 4) is 5.75 Å². The Hall–Kier alpha value is -2.77. The first-order valence-corrected chi connectivity index (χ1v) is 10.5. The summed E-state index contributed by atoms with van der Waals surface area (Å²) in [6.07, 6.45) is 0. The predicted octanol–water partition coefficient (Wildman–Crippen LogP) is 4.01. The van der Waals surface area contributed by atoms with Gasteiger partial charge in [-0.05, 0) is 38.1 Å². The van der Waals surface area contributed by atoms with E-state index in [2.05, 4.69) is 14.9 Å². The third-order valence-corrected chi connectivity index (χ3v) is 5.91. The van der Waals surface area contributed by atoms with E-state index in [1.165, 1.54) is 12.1 Å². The molecule has 2 heterocycles. The Kier molecular flexibility index (Phi) is 6.07. The molecular weight excluding hydrogens is 419 g/mol. The molecule has 0 spiro atoms. The van der Waals surface area contributed by atoms with Gasteiger partial charge in [0.15, 0.2) is 0 Å². The second-order valence-electron chi connectivity index (χ2n) is 7.74. The number of benzene rings is 2. The highest BCUT2D eigenvalue weighted by atomic mass is 35.5. The molecule has 3 aromatic rings. The number of carbonyl (C=O) groups is 1. The summed E-state index contributed by atoms with van der Waals surface area (Å²) < 4.78 is 19.6. The molecule has 1 fully saturated rings. The van der Waals surface area contributed by atoms with Gasteiger partial charge in [-0.3, -0.25) is 9.69 Å². The molecule has 1 aliphatic heterocycles. The van der Waals surface area contributed by atoms with Gasteiger partial charge in [0.25, 0.3) is 5.91 Å². The normalized spacial score (nSPS) is 14.8. The number of halogens is 2. The van der Waals surface area contributed by atoms with E-state index >= 15 is 0 Å². The summed E-state index contributed by atoms with van der Waals surface area (Å²) in [4.78, 5) is 26.1. The molecule has 31 heavy (non-hydrogen) atoms. The van der Waals surface area contributed by atoms with Gasteiger partial charge in [-0.15, -0.1) is 0 Å². The van der Waals surface area contributed by atoms with Crippen LogP contribution in [0.1, 0.15) is 27.3 Å². The fourth-order valence-corrected chi connectivity index (χ4v) is 4.05. The van der Waals surface area contributed by atoms with Crippen molar-refractivity contribution in [2.75, 3.05) is 33.3 Å². The highest BCUT2D eigenvalue weighted by Crippen LogP contribution is 2.25. The van der Waals surface area contributed by atoms with Crippen LogP contribution in [-0.2, 0) is 6.54 Å². The number of aryl methyl sites for hydroxylation is 2. The largest absolute Gasteiger partial charge is 0.496 e. The molecule has 1 aliphatic rings. The Bertz CT molecular complexity index is 1150. The predicted molar refractivity (Wildman–Crippen MR) is 118 cm³/mol. The van der Waals surface area contributed by atoms with Gasteiger partial charge >= 0.3 is 0 Å². The second-order valence-corrected chi connectivity index (χ2v) is 8.18. The number of amides is 1. The molecule has 4 rings (SSSR count). The van der Waals surface area contributed by atoms with Crippen molar-refractivity contribution in [1.29, 1.82) is 0 Å². The summed E-state index contributed by atoms with van der Waals surface area (Å²) in [6.45, 7) is 6.80. The summed E-state index contributed by atoms with van der Waals surface area (Å²) in [5, 5.41) is 0.661. The molecule has 0 aliphatic carbocycles. The van der Waals surface area contributed by atoms with Crippen molar-refractivity contribution in [2.24, 2.45) is 0 Å². The monoisotopic (exact) mass is 442 g/mol. The lowest BCUT2D eigenvalue weighted by Crippen LogP contribution is -2.48. The Morgan fingerprint density at radius 2 is 1.81 bits per heavy atom. The molecule has 0 atom stereocenters. The van der Waals surface area contributed by atoms with Gasteiger partial charge in [0.1, 0.15) is 17.1 Å². The van der Waals surface area contributed by atoms with Crippen LogP contribution in [-0.4, -0.2) is 59.0 Å². The fourth-order valence-electron chi connectivity index (χ4n) is 3.85. The van der Waals surface area contributed by atoms with Gasteiger partial charge in [-0.25, -0.2) is 14.4 Å². The third-order valence-electron chi connectivity index (χ3n) is 5.67. The Labute approximate surface area is 185 Å². The van der Waals surface area contributed by atoms with Gasteiger partial charge in [0.05, 0.1) is 29.6 Å². The van der Waals surface area contributed by atoms with Crippen molar-refractivity contribution in [3.63, 3.8) is 0 Å². The minimum atomic E-state index is -0.486. The number of hydrogen-bond donors (Lipinski definition) is 0. The Morgan fingerprint density at radius 1 is 1.10 bits per heavy atom. The van der Waals surface area contributed by atoms with Crippen LogP contribution < -0.4 is 4.74 Å². The topological polar surface area (TPSA) is 58.6 Å². The zero-order valence-corrected chi connectivity index (χ0v) is 18.5. The van der Waals surface area contributed by atoms with Gasteiger partial charge in [-0.1, -0.05) is 11.6 Å². The highest BCUT2D eigenvalue weighted by molar-refractivity contribution is 6.30. The maximum absolute atomic E-state index is 14.2. The molecule has 1 saturated heterocycles. The summed E-state index contributed by atoms with van der Waals surface area (Å²) in [5.74, 6) is 0.0838. The van der Waals surface area contributed by atoms with Crippen molar-refractivity contribution in [3.05, 3.63) is 63.7 Å². The second kappa shape index (κ2) is 8.77. The molecule has 1 aromatic heterocycles. The van der Waals surface area contributed by atoms with E-state index in [1.54, 1.807) is 18.1 Å². The quantitative estimate of drug-likeness (QED) is 0.611. The zero-order valence-electron chi connectivity index (χ0n) is 17.8. The standard InChI is InChI=1S/C23H24ClFN4O2/c1-14-15(2)27-22-19(11-18(25)12-20(22)26-14)23(30)29-8-6-28(7-9-29)13-16-10-17(24)4-5-21(16)31-3/h4-5,10-12H,6-9,13H2,1-3H3. The van der Waals surface area contributed by atoms with Crippen LogP contribution in [0.4, 0.5) is 4.39 Å². The minimum Gasteiger partial charge on any atom is -0.496 e. The van der Waals surface area contributed by atoms with Gasteiger partial charge < -0.3 is 9.64 Å². The maximum atomic E-state index is 14.2. The van der Waals surface area contributed by atoms with Gasteiger partial charge in [0, 0.05) is 49.4 Å². The van der Waals surface area contributed by atoms with Crippen LogP contribution in [0.5, 0.6) is 5.75 Å². The van der Waals surface area contributed by atoms with Gasteiger partial charge in [0.2, 0.25) is 0 Å². The lowest BCUT2D eigenvalue weighted by molar-refractivity contribution is 0.0628. The first kappa shape index (κ1) is 21.5. The molecule has 0 bridgehead atoms. The minimum absolute atomic E-state index is 0.220. The molecule has 0 unspecified atom stereocenters. The maximum Gasteiger partial charge on any atom is 0.256 e. The molecule has 1 amide bonds. The number of methoxy groups -OCH3 is 1. The van der Waals surface area contributed by atoms with Crippen LogP contribution in [0, 0.1) is 19.7 Å². The van der Waals surface area contributed by atoms with Crippen LogP contribution in [0.3, 0.4) is 0 Å². The average Bonchev–Trinajstić information content (AvgIpc) is 2.75. The summed E-state index contributed by atoms with van der Waals surface area (Å²) in [7, 11) is 1.64. The highest BCUT2D eigenvalue weighted by Gasteiger charge is 2.25. The Morgan fingerprint density at radius 3 is 2.52 bits per heavy atom. The van der Waals surface area contributed by atoms with Crippen LogP contribution in [0.2, 0.25) is 5.02 Å². The molecule has 2 aromatic carbocycles. The number of nitrogens with zero attached hydrogens (tertiary/aromatic N) is 4. The van der Waals surface area contributed by atoms with E-state index in [4.69, 9.17) is 16.3 Å². The van der Waals surface area contributed by atoms with E-state index in [0.717, 1.165) is 22.7 Å². The average molecular weight is 443 g/mol. The van der Waals surface area contributed by atoms with Crippen molar-refractivity contribution in [1.82, 2.24) is 19.8 Å². The molecule has 8 heteroatoms. The number of hydrogen-bond acceptors (Lipinski definition) is 5. The lowest BCUT2D eigenvalue weighted by atomic mass is 10.1. The lowest BCUT2D eigenvalue weighted by Gasteiger charge is -2.35. The summed E-state index contributed by atoms with van der Waals surface area (Å²) in [5.41, 5.74) is 3.57. The zero-order chi connectivity index (χ0) is 22.1. The first-order chi connectivity index (χ1) is 14.9. The van der Waals surface area contributed by atoms with Crippen LogP contribution >= 0.6 is 11.6 Å². The number of fused-ring (bicyclic) bond motifs is 1. The SMILES string of the molecule is COc1ccc(Cl)cc1CN1CCN(C(=O)c2cc(F)cc3nc(C)c(C)nc23)CC1. The summed E-state index contributed by atoms with van der Waals surface area (Å²) >= 11 is 6.14. The number of carbonyl (C=O) groups excluding carboxylic acids is 1. The molecule has 6 nitrogen and oxygen atoms in total. The van der Waals surface area contributed by atoms with Crippen molar-refractivity contribution in [2.45, 2.75) is 20.4 Å². The Balaban J connectivity index is 1.50. The van der Waals surface area contributed by atoms with Crippen molar-refractivity contribution < 1.29 is 13.9 Å². The third kappa shape index (κ3) is 4.48. The smallest absolute Gasteiger partial charge is 0.256 e. The number of ether oxygens (including phenoxy) is 1. The number of aromatic nitrogens is 2. The molecule has 162 valence electrons. The van der Waals surface area contributed by atoms with E-state index in [9.17, 15) is 9.18 Å². The van der Waals surface area contributed by atoms with Crippen LogP contribution in [0.25, 0.3) is 11.0 Å². The van der Waals surface area contributed by atoms with E-state index in [0.29, 0.717) is 48.8 Å².